The third-order valence-electron chi connectivity index (χ3n) is 5.46. The lowest BCUT2D eigenvalue weighted by molar-refractivity contribution is -0.292. The van der Waals surface area contributed by atoms with Gasteiger partial charge in [0.2, 0.25) is 0 Å². The Bertz CT molecular complexity index is 1500. The third-order valence-corrected chi connectivity index (χ3v) is 6.46. The van der Waals surface area contributed by atoms with E-state index in [0.29, 0.717) is 16.3 Å². The lowest BCUT2D eigenvalue weighted by Crippen LogP contribution is -2.36. The van der Waals surface area contributed by atoms with Gasteiger partial charge in [0, 0.05) is 40.0 Å². The lowest BCUT2D eigenvalue weighted by Gasteiger charge is -2.19. The van der Waals surface area contributed by atoms with E-state index in [9.17, 15) is 35.1 Å². The van der Waals surface area contributed by atoms with Crippen molar-refractivity contribution < 1.29 is 39.6 Å². The predicted octanol–water partition coefficient (Wildman–Crippen LogP) is 8.76. The van der Waals surface area contributed by atoms with E-state index < -0.39 is 46.3 Å². The first-order valence-corrected chi connectivity index (χ1v) is 11.8. The summed E-state index contributed by atoms with van der Waals surface area (Å²) in [5, 5.41) is 9.52. The van der Waals surface area contributed by atoms with Gasteiger partial charge in [-0.1, -0.05) is 28.4 Å². The normalized spacial score (nSPS) is 13.5. The number of rotatable bonds is 6. The van der Waals surface area contributed by atoms with Crippen molar-refractivity contribution in [1.82, 2.24) is 14.9 Å². The van der Waals surface area contributed by atoms with E-state index in [1.165, 1.54) is 18.2 Å². The molecule has 4 rings (SSSR count). The molecule has 0 aliphatic heterocycles. The lowest BCUT2D eigenvalue weighted by atomic mass is 10.0. The van der Waals surface area contributed by atoms with E-state index in [1.54, 1.807) is 24.3 Å². The van der Waals surface area contributed by atoms with Crippen molar-refractivity contribution in [2.75, 3.05) is 5.32 Å². The van der Waals surface area contributed by atoms with E-state index in [0.717, 1.165) is 13.1 Å². The second-order valence-corrected chi connectivity index (χ2v) is 9.49. The summed E-state index contributed by atoms with van der Waals surface area (Å²) in [6.45, 7) is 0. The Morgan fingerprint density at radius 1 is 0.949 bits per heavy atom. The quantitative estimate of drug-likeness (QED) is 0.129. The molecular weight excluding hydrogens is 603 g/mol. The largest absolute Gasteiger partial charge is 0.459 e. The van der Waals surface area contributed by atoms with Gasteiger partial charge < -0.3 is 9.84 Å². The fourth-order valence-corrected chi connectivity index (χ4v) is 4.44. The third kappa shape index (κ3) is 5.68. The molecule has 208 valence electrons. The van der Waals surface area contributed by atoms with Crippen LogP contribution in [0, 0.1) is 0 Å². The van der Waals surface area contributed by atoms with Crippen LogP contribution in [-0.2, 0) is 19.1 Å². The average molecular weight is 617 g/mol. The second-order valence-electron chi connectivity index (χ2n) is 8.13. The molecule has 0 saturated heterocycles. The standard InChI is InChI=1S/C23H14Cl2F8N4OS/c1-37-18(17(22(28,29)30)19(35-37)21(26,27)23(31,32)33)15-9-16(38-36-15)10-2-7-14(25)13(8-10)20(39)34-12-5-3-11(24)4-6-12/h2-9,20,34,39H,1H3. The fraction of sp³-hybridized carbons (Fsp3) is 0.217. The molecule has 0 bridgehead atoms. The van der Waals surface area contributed by atoms with Crippen LogP contribution < -0.4 is 5.32 Å². The summed E-state index contributed by atoms with van der Waals surface area (Å²) in [4.78, 5) is 0. The average Bonchev–Trinajstić information content (AvgIpc) is 3.44. The Hall–Kier alpha value is -2.97. The highest BCUT2D eigenvalue weighted by atomic mass is 35.5. The number of alkyl halides is 8. The molecule has 0 aliphatic rings. The van der Waals surface area contributed by atoms with Gasteiger partial charge in [-0.15, -0.1) is 12.6 Å². The number of aromatic nitrogens is 3. The van der Waals surface area contributed by atoms with Gasteiger partial charge in [0.25, 0.3) is 0 Å². The first kappa shape index (κ1) is 29.0. The van der Waals surface area contributed by atoms with Gasteiger partial charge in [-0.25, -0.2) is 0 Å². The number of nitrogens with one attached hydrogen (secondary N) is 1. The van der Waals surface area contributed by atoms with Crippen LogP contribution in [-0.4, -0.2) is 21.1 Å². The summed E-state index contributed by atoms with van der Waals surface area (Å²) >= 11 is 16.6. The van der Waals surface area contributed by atoms with Crippen LogP contribution in [0.4, 0.5) is 40.8 Å². The molecule has 2 heterocycles. The minimum absolute atomic E-state index is 0.131. The highest BCUT2D eigenvalue weighted by Gasteiger charge is 2.64. The zero-order chi connectivity index (χ0) is 28.9. The molecule has 0 fully saturated rings. The van der Waals surface area contributed by atoms with E-state index >= 15 is 0 Å². The van der Waals surface area contributed by atoms with E-state index in [-0.39, 0.29) is 21.0 Å². The minimum atomic E-state index is -6.32. The van der Waals surface area contributed by atoms with Crippen LogP contribution >= 0.6 is 35.8 Å². The Kier molecular flexibility index (Phi) is 7.60. The van der Waals surface area contributed by atoms with Gasteiger partial charge >= 0.3 is 18.3 Å². The summed E-state index contributed by atoms with van der Waals surface area (Å²) < 4.78 is 113. The number of benzene rings is 2. The zero-order valence-electron chi connectivity index (χ0n) is 19.2. The van der Waals surface area contributed by atoms with Crippen molar-refractivity contribution in [3.05, 3.63) is 75.4 Å². The Morgan fingerprint density at radius 2 is 1.59 bits per heavy atom. The summed E-state index contributed by atoms with van der Waals surface area (Å²) in [5.74, 6) is -6.02. The topological polar surface area (TPSA) is 55.9 Å². The summed E-state index contributed by atoms with van der Waals surface area (Å²) in [6.07, 6.45) is -12.0. The first-order valence-electron chi connectivity index (χ1n) is 10.6. The smallest absolute Gasteiger partial charge is 0.370 e. The first-order chi connectivity index (χ1) is 18.0. The van der Waals surface area contributed by atoms with E-state index in [1.807, 2.05) is 0 Å². The van der Waals surface area contributed by atoms with Gasteiger partial charge in [0.05, 0.1) is 5.37 Å². The Morgan fingerprint density at radius 3 is 2.18 bits per heavy atom. The zero-order valence-corrected chi connectivity index (χ0v) is 21.6. The van der Waals surface area contributed by atoms with Crippen LogP contribution in [0.25, 0.3) is 22.7 Å². The molecule has 5 nitrogen and oxygen atoms in total. The van der Waals surface area contributed by atoms with Crippen molar-refractivity contribution in [3.63, 3.8) is 0 Å². The van der Waals surface area contributed by atoms with Crippen LogP contribution in [0.2, 0.25) is 10.0 Å². The number of thiol groups is 1. The Balaban J connectivity index is 1.74. The highest BCUT2D eigenvalue weighted by molar-refractivity contribution is 7.80. The molecule has 2 aromatic heterocycles. The molecule has 1 N–H and O–H groups in total. The molecular formula is C23H14Cl2F8N4OS. The van der Waals surface area contributed by atoms with Gasteiger partial charge in [-0.05, 0) is 42.5 Å². The number of hydrogen-bond donors (Lipinski definition) is 2. The molecule has 0 aliphatic carbocycles. The molecule has 1 unspecified atom stereocenters. The second kappa shape index (κ2) is 10.2. The van der Waals surface area contributed by atoms with Crippen molar-refractivity contribution >= 4 is 41.5 Å². The van der Waals surface area contributed by atoms with Crippen LogP contribution in [0.1, 0.15) is 22.2 Å². The summed E-state index contributed by atoms with van der Waals surface area (Å²) in [5.41, 5.74) is -5.27. The molecule has 16 heteroatoms. The number of anilines is 1. The molecule has 2 aromatic carbocycles. The van der Waals surface area contributed by atoms with Crippen molar-refractivity contribution in [2.24, 2.45) is 7.05 Å². The molecule has 1 atom stereocenters. The molecule has 0 spiro atoms. The number of hydrogen-bond acceptors (Lipinski definition) is 5. The van der Waals surface area contributed by atoms with Crippen molar-refractivity contribution in [1.29, 1.82) is 0 Å². The van der Waals surface area contributed by atoms with Gasteiger partial charge in [0.1, 0.15) is 17.0 Å². The monoisotopic (exact) mass is 616 g/mol. The van der Waals surface area contributed by atoms with E-state index in [4.69, 9.17) is 27.7 Å². The minimum Gasteiger partial charge on any atom is -0.370 e. The summed E-state index contributed by atoms with van der Waals surface area (Å²) in [6, 6.07) is 12.0. The maximum Gasteiger partial charge on any atom is 0.459 e. The highest BCUT2D eigenvalue weighted by Crippen LogP contribution is 2.50. The SMILES string of the molecule is Cn1nc(C(F)(F)C(F)(F)F)c(C(F)(F)F)c1-c1cc(-c2ccc(Cl)c(C(S)Nc3ccc(Cl)cc3)c2)on1. The maximum absolute atomic E-state index is 14.0. The molecule has 39 heavy (non-hydrogen) atoms. The molecule has 4 aromatic rings. The van der Waals surface area contributed by atoms with Gasteiger partial charge in [-0.2, -0.15) is 40.2 Å². The molecule has 0 amide bonds. The number of aryl methyl sites for hydroxylation is 1. The molecule has 0 saturated carbocycles. The van der Waals surface area contributed by atoms with Crippen LogP contribution in [0.3, 0.4) is 0 Å². The number of nitrogens with zero attached hydrogens (tertiary/aromatic N) is 3. The fourth-order valence-electron chi connectivity index (χ4n) is 3.65. The predicted molar refractivity (Wildman–Crippen MR) is 131 cm³/mol. The van der Waals surface area contributed by atoms with Crippen molar-refractivity contribution in [2.45, 2.75) is 23.6 Å². The van der Waals surface area contributed by atoms with Crippen molar-refractivity contribution in [3.8, 4) is 22.7 Å². The maximum atomic E-state index is 14.0. The van der Waals surface area contributed by atoms with Crippen LogP contribution in [0.5, 0.6) is 0 Å². The Labute approximate surface area is 230 Å². The number of halogens is 10. The van der Waals surface area contributed by atoms with Crippen LogP contribution in [0.15, 0.2) is 53.1 Å². The summed E-state index contributed by atoms with van der Waals surface area (Å²) in [7, 11) is 0.781. The molecule has 0 radical (unpaired) electrons. The van der Waals surface area contributed by atoms with Gasteiger partial charge in [0.15, 0.2) is 11.5 Å². The van der Waals surface area contributed by atoms with Gasteiger partial charge in [-0.3, -0.25) is 4.68 Å². The van der Waals surface area contributed by atoms with E-state index in [2.05, 4.69) is 28.2 Å².